The zero-order valence-corrected chi connectivity index (χ0v) is 10.9. The lowest BCUT2D eigenvalue weighted by atomic mass is 10.2. The van der Waals surface area contributed by atoms with E-state index in [0.29, 0.717) is 17.0 Å². The second-order valence-electron chi connectivity index (χ2n) is 3.50. The summed E-state index contributed by atoms with van der Waals surface area (Å²) in [7, 11) is 2.86. The third kappa shape index (κ3) is 2.33. The fourth-order valence-electron chi connectivity index (χ4n) is 1.68. The minimum atomic E-state index is -0.375. The average molecular weight is 272 g/mol. The Hall–Kier alpha value is -1.95. The van der Waals surface area contributed by atoms with E-state index in [1.165, 1.54) is 18.9 Å². The summed E-state index contributed by atoms with van der Waals surface area (Å²) >= 11 is 0. The highest BCUT2D eigenvalue weighted by atomic mass is 35.5. The zero-order valence-electron chi connectivity index (χ0n) is 10.0. The van der Waals surface area contributed by atoms with Gasteiger partial charge in [0.15, 0.2) is 5.75 Å². The van der Waals surface area contributed by atoms with Gasteiger partial charge in [0, 0.05) is 5.39 Å². The Balaban J connectivity index is 0.00000162. The van der Waals surface area contributed by atoms with Gasteiger partial charge in [0.2, 0.25) is 0 Å². The minimum absolute atomic E-state index is 0. The number of nitrogens with zero attached hydrogens (tertiary/aromatic N) is 2. The van der Waals surface area contributed by atoms with Crippen molar-refractivity contribution in [1.82, 2.24) is 9.78 Å². The highest BCUT2D eigenvalue weighted by Crippen LogP contribution is 2.31. The van der Waals surface area contributed by atoms with Crippen LogP contribution in [0.4, 0.5) is 5.69 Å². The number of carbonyl (C=O) groups excluding carboxylic acids is 1. The SMILES string of the molecule is COC(=O)Cn1ncc2ccc(N)c(OC)c21.Cl. The van der Waals surface area contributed by atoms with E-state index in [4.69, 9.17) is 10.5 Å². The smallest absolute Gasteiger partial charge is 0.327 e. The lowest BCUT2D eigenvalue weighted by Crippen LogP contribution is -2.13. The van der Waals surface area contributed by atoms with Crippen molar-refractivity contribution in [2.24, 2.45) is 0 Å². The Morgan fingerprint density at radius 3 is 2.78 bits per heavy atom. The fraction of sp³-hybridized carbons (Fsp3) is 0.273. The minimum Gasteiger partial charge on any atom is -0.492 e. The number of benzene rings is 1. The van der Waals surface area contributed by atoms with E-state index in [-0.39, 0.29) is 24.9 Å². The molecule has 0 saturated heterocycles. The summed E-state index contributed by atoms with van der Waals surface area (Å²) in [5.41, 5.74) is 7.00. The largest absolute Gasteiger partial charge is 0.492 e. The summed E-state index contributed by atoms with van der Waals surface area (Å²) < 4.78 is 11.3. The van der Waals surface area contributed by atoms with E-state index in [1.807, 2.05) is 6.07 Å². The molecule has 0 saturated carbocycles. The van der Waals surface area contributed by atoms with Crippen molar-refractivity contribution in [3.8, 4) is 5.75 Å². The third-order valence-corrected chi connectivity index (χ3v) is 2.50. The Bertz CT molecular complexity index is 568. The molecule has 0 aliphatic rings. The summed E-state index contributed by atoms with van der Waals surface area (Å²) in [6, 6.07) is 3.57. The van der Waals surface area contributed by atoms with Crippen LogP contribution in [0.5, 0.6) is 5.75 Å². The predicted molar refractivity (Wildman–Crippen MR) is 70.0 cm³/mol. The maximum absolute atomic E-state index is 11.3. The van der Waals surface area contributed by atoms with E-state index in [9.17, 15) is 4.79 Å². The number of anilines is 1. The molecular weight excluding hydrogens is 258 g/mol. The monoisotopic (exact) mass is 271 g/mol. The molecule has 0 amide bonds. The normalized spacial score (nSPS) is 9.89. The molecule has 0 spiro atoms. The van der Waals surface area contributed by atoms with Gasteiger partial charge in [-0.3, -0.25) is 4.79 Å². The van der Waals surface area contributed by atoms with Crippen LogP contribution in [0.3, 0.4) is 0 Å². The summed E-state index contributed by atoms with van der Waals surface area (Å²) in [4.78, 5) is 11.3. The molecule has 1 aromatic carbocycles. The zero-order chi connectivity index (χ0) is 12.4. The number of halogens is 1. The molecule has 2 N–H and O–H groups in total. The van der Waals surface area contributed by atoms with Gasteiger partial charge in [-0.1, -0.05) is 0 Å². The van der Waals surface area contributed by atoms with Crippen LogP contribution in [0.15, 0.2) is 18.3 Å². The van der Waals surface area contributed by atoms with Crippen molar-refractivity contribution in [3.63, 3.8) is 0 Å². The summed E-state index contributed by atoms with van der Waals surface area (Å²) in [5.74, 6) is 0.142. The molecule has 7 heteroatoms. The number of carbonyl (C=O) groups is 1. The van der Waals surface area contributed by atoms with Crippen LogP contribution in [0.25, 0.3) is 10.9 Å². The van der Waals surface area contributed by atoms with Crippen molar-refractivity contribution in [1.29, 1.82) is 0 Å². The second-order valence-corrected chi connectivity index (χ2v) is 3.50. The van der Waals surface area contributed by atoms with E-state index < -0.39 is 0 Å². The van der Waals surface area contributed by atoms with Crippen molar-refractivity contribution in [2.45, 2.75) is 6.54 Å². The first kappa shape index (κ1) is 14.1. The standard InChI is InChI=1S/C11H13N3O3.ClH/c1-16-9(15)6-14-10-7(5-13-14)3-4-8(12)11(10)17-2;/h3-5H,6,12H2,1-2H3;1H. The first-order valence-corrected chi connectivity index (χ1v) is 5.02. The van der Waals surface area contributed by atoms with Crippen LogP contribution in [-0.4, -0.2) is 30.0 Å². The van der Waals surface area contributed by atoms with Crippen LogP contribution < -0.4 is 10.5 Å². The molecular formula is C11H14ClN3O3. The highest BCUT2D eigenvalue weighted by Gasteiger charge is 2.14. The van der Waals surface area contributed by atoms with Crippen LogP contribution in [0, 0.1) is 0 Å². The molecule has 2 rings (SSSR count). The van der Waals surface area contributed by atoms with Crippen molar-refractivity contribution < 1.29 is 14.3 Å². The van der Waals surface area contributed by atoms with Crippen molar-refractivity contribution in [2.75, 3.05) is 20.0 Å². The predicted octanol–water partition coefficient (Wildman–Crippen LogP) is 1.22. The molecule has 2 aromatic rings. The molecule has 6 nitrogen and oxygen atoms in total. The van der Waals surface area contributed by atoms with Crippen molar-refractivity contribution in [3.05, 3.63) is 18.3 Å². The van der Waals surface area contributed by atoms with Crippen LogP contribution in [-0.2, 0) is 16.1 Å². The fourth-order valence-corrected chi connectivity index (χ4v) is 1.68. The van der Waals surface area contributed by atoms with Gasteiger partial charge >= 0.3 is 5.97 Å². The van der Waals surface area contributed by atoms with Crippen LogP contribution in [0.1, 0.15) is 0 Å². The second kappa shape index (κ2) is 5.59. The molecule has 0 atom stereocenters. The summed E-state index contributed by atoms with van der Waals surface area (Å²) in [6.07, 6.45) is 1.65. The molecule has 1 aromatic heterocycles. The van der Waals surface area contributed by atoms with Gasteiger partial charge in [-0.2, -0.15) is 5.10 Å². The molecule has 0 radical (unpaired) electrons. The number of nitrogens with two attached hydrogens (primary N) is 1. The summed E-state index contributed by atoms with van der Waals surface area (Å²) in [5, 5.41) is 4.97. The molecule has 18 heavy (non-hydrogen) atoms. The maximum atomic E-state index is 11.3. The number of nitrogen functional groups attached to an aromatic ring is 1. The average Bonchev–Trinajstić information content (AvgIpc) is 2.72. The highest BCUT2D eigenvalue weighted by molar-refractivity contribution is 5.90. The van der Waals surface area contributed by atoms with Crippen LogP contribution in [0.2, 0.25) is 0 Å². The van der Waals surface area contributed by atoms with E-state index >= 15 is 0 Å². The number of esters is 1. The third-order valence-electron chi connectivity index (χ3n) is 2.50. The topological polar surface area (TPSA) is 79.4 Å². The quantitative estimate of drug-likeness (QED) is 0.671. The Morgan fingerprint density at radius 2 is 2.17 bits per heavy atom. The Morgan fingerprint density at radius 1 is 1.44 bits per heavy atom. The van der Waals surface area contributed by atoms with Gasteiger partial charge in [0.1, 0.15) is 12.1 Å². The number of ether oxygens (including phenoxy) is 2. The molecule has 0 aliphatic heterocycles. The van der Waals surface area contributed by atoms with Gasteiger partial charge in [0.05, 0.1) is 26.1 Å². The Kier molecular flexibility index (Phi) is 4.38. The van der Waals surface area contributed by atoms with Gasteiger partial charge in [-0.25, -0.2) is 4.68 Å². The van der Waals surface area contributed by atoms with E-state index in [1.54, 1.807) is 12.3 Å². The van der Waals surface area contributed by atoms with Gasteiger partial charge < -0.3 is 15.2 Å². The van der Waals surface area contributed by atoms with Crippen LogP contribution >= 0.6 is 12.4 Å². The van der Waals surface area contributed by atoms with Gasteiger partial charge in [-0.15, -0.1) is 12.4 Å². The molecule has 0 bridgehead atoms. The number of methoxy groups -OCH3 is 2. The lowest BCUT2D eigenvalue weighted by Gasteiger charge is -2.08. The summed E-state index contributed by atoms with van der Waals surface area (Å²) in [6.45, 7) is 0.0276. The first-order valence-electron chi connectivity index (χ1n) is 5.02. The molecule has 0 aliphatic carbocycles. The number of rotatable bonds is 3. The van der Waals surface area contributed by atoms with E-state index in [0.717, 1.165) is 5.39 Å². The first-order chi connectivity index (χ1) is 8.17. The number of hydrogen-bond acceptors (Lipinski definition) is 5. The number of hydrogen-bond donors (Lipinski definition) is 1. The molecule has 0 fully saturated rings. The number of aromatic nitrogens is 2. The molecule has 0 unspecified atom stereocenters. The Labute approximate surface area is 110 Å². The van der Waals surface area contributed by atoms with E-state index in [2.05, 4.69) is 9.84 Å². The number of fused-ring (bicyclic) bond motifs is 1. The van der Waals surface area contributed by atoms with Crippen molar-refractivity contribution >= 4 is 35.0 Å². The molecule has 98 valence electrons. The lowest BCUT2D eigenvalue weighted by molar-refractivity contribution is -0.141. The van der Waals surface area contributed by atoms with Gasteiger partial charge in [-0.05, 0) is 12.1 Å². The van der Waals surface area contributed by atoms with Gasteiger partial charge in [0.25, 0.3) is 0 Å². The molecule has 1 heterocycles. The maximum Gasteiger partial charge on any atom is 0.327 e.